The molecular weight excluding hydrogens is 769 g/mol. The topological polar surface area (TPSA) is 113 Å². The summed E-state index contributed by atoms with van der Waals surface area (Å²) < 4.78 is 68.0. The third-order valence-corrected chi connectivity index (χ3v) is 14.3. The maximum atomic E-state index is 12.4. The van der Waals surface area contributed by atoms with Crippen molar-refractivity contribution in [1.82, 2.24) is 0 Å². The molecule has 2 aliphatic heterocycles. The molecule has 0 bridgehead atoms. The van der Waals surface area contributed by atoms with E-state index >= 15 is 0 Å². The molecule has 0 radical (unpaired) electrons. The number of rotatable bonds is 19. The van der Waals surface area contributed by atoms with Crippen molar-refractivity contribution in [2.75, 3.05) is 19.8 Å². The molecule has 0 aliphatic carbocycles. The third-order valence-electron chi connectivity index (χ3n) is 7.37. The van der Waals surface area contributed by atoms with Crippen LogP contribution in [-0.4, -0.2) is 138 Å². The van der Waals surface area contributed by atoms with Crippen molar-refractivity contribution >= 4 is 58.2 Å². The second-order valence-corrected chi connectivity index (χ2v) is 52.5. The van der Waals surface area contributed by atoms with Crippen molar-refractivity contribution in [2.45, 2.75) is 192 Å². The molecule has 0 amide bonds. The van der Waals surface area contributed by atoms with E-state index < -0.39 is 113 Å². The summed E-state index contributed by atoms with van der Waals surface area (Å²) in [4.78, 5) is 0. The van der Waals surface area contributed by atoms with Crippen LogP contribution in [0.5, 0.6) is 0 Å². The van der Waals surface area contributed by atoms with Gasteiger partial charge >= 0.3 is 0 Å². The average Bonchev–Trinajstić information content (AvgIpc) is 3.10. The molecule has 0 aromatic rings. The normalized spacial score (nSPS) is 32.1. The van der Waals surface area contributed by atoms with E-state index in [0.29, 0.717) is 6.61 Å². The average molecular weight is 848 g/mol. The van der Waals surface area contributed by atoms with Crippen LogP contribution in [0, 0.1) is 0 Å². The van der Waals surface area contributed by atoms with Crippen molar-refractivity contribution in [2.24, 2.45) is 0 Å². The van der Waals surface area contributed by atoms with E-state index in [4.69, 9.17) is 45.2 Å². The first-order chi connectivity index (χ1) is 22.5. The van der Waals surface area contributed by atoms with Crippen LogP contribution in [0.2, 0.25) is 137 Å². The van der Waals surface area contributed by atoms with Gasteiger partial charge in [0.25, 0.3) is 0 Å². The minimum atomic E-state index is -2.28. The Bertz CT molecular complexity index is 1090. The number of ether oxygens (including phenoxy) is 3. The second kappa shape index (κ2) is 17.3. The standard InChI is InChI=1S/C33H78O11Si7/c1-45(2,3)35-22-25-27(41-48(10,11)12)29(42-49(13,14)15)30(43-50(16,17)18)32(38-25)39-28-26(23-36-46(4,5)6)40-33(34,24-37-47(7,8)9)31(28)44-51(19,20)21/h25-32,34H,22-24H2,1-21H3. The van der Waals surface area contributed by atoms with Gasteiger partial charge < -0.3 is 50.3 Å². The Hall–Kier alpha value is 1.08. The highest BCUT2D eigenvalue weighted by molar-refractivity contribution is 6.72. The van der Waals surface area contributed by atoms with Crippen LogP contribution in [0.1, 0.15) is 0 Å². The molecule has 9 atom stereocenters. The zero-order valence-corrected chi connectivity index (χ0v) is 43.3. The van der Waals surface area contributed by atoms with Gasteiger partial charge in [-0.3, -0.25) is 0 Å². The highest BCUT2D eigenvalue weighted by Gasteiger charge is 2.60. The quantitative estimate of drug-likeness (QED) is 0.130. The lowest BCUT2D eigenvalue weighted by Crippen LogP contribution is -2.67. The van der Waals surface area contributed by atoms with E-state index in [1.165, 1.54) is 0 Å². The molecule has 0 saturated carbocycles. The largest absolute Gasteiger partial charge is 0.415 e. The SMILES string of the molecule is C[Si](C)(C)OCC1OC(OC2C(CO[Si](C)(C)C)OC(O)(CO[Si](C)(C)C)C2O[Si](C)(C)C)C(O[Si](C)(C)C)C(O[Si](C)(C)C)C1O[Si](C)(C)C. The van der Waals surface area contributed by atoms with Crippen molar-refractivity contribution < 1.29 is 50.3 Å². The van der Waals surface area contributed by atoms with E-state index in [-0.39, 0.29) is 13.2 Å². The fourth-order valence-electron chi connectivity index (χ4n) is 5.68. The molecule has 18 heteroatoms. The van der Waals surface area contributed by atoms with Crippen LogP contribution in [0.4, 0.5) is 0 Å². The monoisotopic (exact) mass is 846 g/mol. The molecule has 0 aromatic carbocycles. The van der Waals surface area contributed by atoms with Crippen LogP contribution >= 0.6 is 0 Å². The summed E-state index contributed by atoms with van der Waals surface area (Å²) >= 11 is 0. The van der Waals surface area contributed by atoms with Crippen molar-refractivity contribution in [3.63, 3.8) is 0 Å². The van der Waals surface area contributed by atoms with Gasteiger partial charge in [0.15, 0.2) is 64.5 Å². The summed E-state index contributed by atoms with van der Waals surface area (Å²) in [5, 5.41) is 12.4. The number of aliphatic hydroxyl groups is 1. The van der Waals surface area contributed by atoms with E-state index in [1.54, 1.807) is 0 Å². The summed E-state index contributed by atoms with van der Waals surface area (Å²) in [7, 11) is -14.8. The second-order valence-electron chi connectivity index (χ2n) is 21.1. The van der Waals surface area contributed by atoms with Crippen molar-refractivity contribution in [3.8, 4) is 0 Å². The van der Waals surface area contributed by atoms with Crippen LogP contribution < -0.4 is 0 Å². The lowest BCUT2D eigenvalue weighted by molar-refractivity contribution is -0.309. The van der Waals surface area contributed by atoms with Gasteiger partial charge in [0.1, 0.15) is 42.7 Å². The highest BCUT2D eigenvalue weighted by atomic mass is 28.4. The Morgan fingerprint density at radius 2 is 0.843 bits per heavy atom. The molecule has 2 aliphatic rings. The fraction of sp³-hybridized carbons (Fsp3) is 1.00. The van der Waals surface area contributed by atoms with Gasteiger partial charge in [-0.25, -0.2) is 0 Å². The molecular formula is C33H78O11Si7. The minimum Gasteiger partial charge on any atom is -0.415 e. The van der Waals surface area contributed by atoms with Crippen LogP contribution in [0.25, 0.3) is 0 Å². The number of hydrogen-bond donors (Lipinski definition) is 1. The summed E-state index contributed by atoms with van der Waals surface area (Å²) in [6.45, 7) is 45.6. The molecule has 9 unspecified atom stereocenters. The summed E-state index contributed by atoms with van der Waals surface area (Å²) in [5.41, 5.74) is 0. The number of hydrogen-bond acceptors (Lipinski definition) is 11. The Labute approximate surface area is 319 Å². The van der Waals surface area contributed by atoms with Gasteiger partial charge in [-0.1, -0.05) is 0 Å². The van der Waals surface area contributed by atoms with Crippen LogP contribution in [-0.2, 0) is 45.2 Å². The summed E-state index contributed by atoms with van der Waals surface area (Å²) in [5.74, 6) is -1.76. The predicted octanol–water partition coefficient (Wildman–Crippen LogP) is 7.62. The molecule has 1 N–H and O–H groups in total. The molecule has 51 heavy (non-hydrogen) atoms. The Kier molecular flexibility index (Phi) is 16.3. The smallest absolute Gasteiger partial charge is 0.217 e. The Morgan fingerprint density at radius 1 is 0.451 bits per heavy atom. The molecule has 2 saturated heterocycles. The maximum Gasteiger partial charge on any atom is 0.217 e. The van der Waals surface area contributed by atoms with Gasteiger partial charge in [-0.05, 0) is 137 Å². The first kappa shape index (κ1) is 48.2. The molecule has 2 fully saturated rings. The zero-order valence-electron chi connectivity index (χ0n) is 36.3. The minimum absolute atomic E-state index is 0.0400. The van der Waals surface area contributed by atoms with Crippen molar-refractivity contribution in [3.05, 3.63) is 0 Å². The lowest BCUT2D eigenvalue weighted by Gasteiger charge is -2.51. The van der Waals surface area contributed by atoms with E-state index in [0.717, 1.165) is 0 Å². The van der Waals surface area contributed by atoms with Gasteiger partial charge in [-0.15, -0.1) is 0 Å². The molecule has 0 aromatic heterocycles. The Morgan fingerprint density at radius 3 is 1.25 bits per heavy atom. The lowest BCUT2D eigenvalue weighted by atomic mass is 9.99. The van der Waals surface area contributed by atoms with Gasteiger partial charge in [0, 0.05) is 0 Å². The zero-order chi connectivity index (χ0) is 39.8. The first-order valence-electron chi connectivity index (χ1n) is 18.8. The van der Waals surface area contributed by atoms with Gasteiger partial charge in [-0.2, -0.15) is 0 Å². The van der Waals surface area contributed by atoms with Crippen molar-refractivity contribution in [1.29, 1.82) is 0 Å². The molecule has 11 nitrogen and oxygen atoms in total. The third kappa shape index (κ3) is 17.8. The van der Waals surface area contributed by atoms with Gasteiger partial charge in [0.2, 0.25) is 5.79 Å². The van der Waals surface area contributed by atoms with Crippen LogP contribution in [0.15, 0.2) is 0 Å². The highest BCUT2D eigenvalue weighted by Crippen LogP contribution is 2.41. The van der Waals surface area contributed by atoms with E-state index in [2.05, 4.69) is 137 Å². The van der Waals surface area contributed by atoms with E-state index in [9.17, 15) is 5.11 Å². The van der Waals surface area contributed by atoms with Gasteiger partial charge in [0.05, 0.1) is 19.8 Å². The molecule has 304 valence electrons. The Balaban J connectivity index is 2.79. The van der Waals surface area contributed by atoms with E-state index in [1.807, 2.05) is 0 Å². The summed E-state index contributed by atoms with van der Waals surface area (Å²) in [6.07, 6.45) is -5.19. The molecule has 2 rings (SSSR count). The molecule has 0 spiro atoms. The molecule has 2 heterocycles. The first-order valence-corrected chi connectivity index (χ1v) is 42.7. The van der Waals surface area contributed by atoms with Crippen LogP contribution in [0.3, 0.4) is 0 Å². The fourth-order valence-corrected chi connectivity index (χ4v) is 12.0. The predicted molar refractivity (Wildman–Crippen MR) is 224 cm³/mol. The summed E-state index contributed by atoms with van der Waals surface area (Å²) in [6, 6.07) is 0. The maximum absolute atomic E-state index is 12.4.